The molecule has 3 rings (SSSR count). The lowest BCUT2D eigenvalue weighted by Gasteiger charge is -2.10. The number of hydrogen-bond donors (Lipinski definition) is 1. The predicted octanol–water partition coefficient (Wildman–Crippen LogP) is 3.58. The van der Waals surface area contributed by atoms with Crippen molar-refractivity contribution in [2.45, 2.75) is 0 Å². The fraction of sp³-hybridized carbons (Fsp3) is 0.133. The molecular weight excluding hydrogens is 310 g/mol. The maximum absolute atomic E-state index is 9.68. The van der Waals surface area contributed by atoms with Crippen LogP contribution in [0.5, 0.6) is 10.8 Å². The Labute approximate surface area is 131 Å². The summed E-state index contributed by atoms with van der Waals surface area (Å²) in [6.45, 7) is 0. The third-order valence-electron chi connectivity index (χ3n) is 3.21. The summed E-state index contributed by atoms with van der Waals surface area (Å²) in [6, 6.07) is 9.83. The average Bonchev–Trinajstić information content (AvgIpc) is 2.77. The number of hydrogen-bond acceptors (Lipinski definition) is 4. The van der Waals surface area contributed by atoms with E-state index in [0.29, 0.717) is 10.8 Å². The van der Waals surface area contributed by atoms with Gasteiger partial charge in [0, 0.05) is 10.8 Å². The summed E-state index contributed by atoms with van der Waals surface area (Å²) < 4.78 is 7.29. The van der Waals surface area contributed by atoms with Crippen molar-refractivity contribution < 1.29 is 19.9 Å². The largest absolute Gasteiger partial charge is 0.870 e. The highest BCUT2D eigenvalue weighted by molar-refractivity contribution is 7.16. The Balaban J connectivity index is 0.00000161. The third-order valence-corrected chi connectivity index (χ3v) is 4.51. The van der Waals surface area contributed by atoms with Gasteiger partial charge in [0.25, 0.3) is 5.01 Å². The fourth-order valence-electron chi connectivity index (χ4n) is 2.37. The molecular formula is C15H14ClNO3S. The zero-order valence-corrected chi connectivity index (χ0v) is 13.1. The molecule has 0 saturated heterocycles. The topological polar surface area (TPSA) is 63.3 Å². The van der Waals surface area contributed by atoms with Gasteiger partial charge in [-0.15, -0.1) is 0 Å². The van der Waals surface area contributed by atoms with Crippen LogP contribution in [0.25, 0.3) is 21.3 Å². The summed E-state index contributed by atoms with van der Waals surface area (Å²) in [5.74, 6) is 0.675. The van der Waals surface area contributed by atoms with Gasteiger partial charge in [-0.1, -0.05) is 35.9 Å². The Kier molecular flexibility index (Phi) is 4.37. The molecule has 0 aliphatic rings. The Morgan fingerprint density at radius 2 is 1.90 bits per heavy atom. The van der Waals surface area contributed by atoms with E-state index in [0.717, 1.165) is 21.3 Å². The van der Waals surface area contributed by atoms with Gasteiger partial charge in [0.15, 0.2) is 0 Å². The van der Waals surface area contributed by atoms with Crippen molar-refractivity contribution in [3.63, 3.8) is 0 Å². The number of methoxy groups -OCH3 is 1. The van der Waals surface area contributed by atoms with E-state index >= 15 is 0 Å². The summed E-state index contributed by atoms with van der Waals surface area (Å²) in [4.78, 5) is 0. The first-order valence-electron chi connectivity index (χ1n) is 6.06. The summed E-state index contributed by atoms with van der Waals surface area (Å²) in [7, 11) is 3.52. The van der Waals surface area contributed by atoms with Gasteiger partial charge in [0.05, 0.1) is 17.7 Å². The molecule has 0 radical (unpaired) electrons. The second-order valence-electron chi connectivity index (χ2n) is 4.47. The number of aromatic hydroxyl groups is 1. The van der Waals surface area contributed by atoms with Crippen LogP contribution in [0, 0.1) is 0 Å². The van der Waals surface area contributed by atoms with E-state index in [1.54, 1.807) is 13.3 Å². The van der Waals surface area contributed by atoms with Gasteiger partial charge in [-0.3, -0.25) is 0 Å². The molecule has 0 amide bonds. The minimum Gasteiger partial charge on any atom is -0.870 e. The molecule has 21 heavy (non-hydrogen) atoms. The molecule has 0 bridgehead atoms. The van der Waals surface area contributed by atoms with Gasteiger partial charge in [-0.2, -0.15) is 4.57 Å². The van der Waals surface area contributed by atoms with Crippen molar-refractivity contribution in [1.82, 2.24) is 0 Å². The Morgan fingerprint density at radius 3 is 2.48 bits per heavy atom. The predicted molar refractivity (Wildman–Crippen MR) is 83.6 cm³/mol. The zero-order valence-electron chi connectivity index (χ0n) is 11.5. The highest BCUT2D eigenvalue weighted by atomic mass is 35.5. The molecule has 0 aliphatic carbocycles. The lowest BCUT2D eigenvalue weighted by atomic mass is 10.0. The lowest BCUT2D eigenvalue weighted by molar-refractivity contribution is -0.656. The average molecular weight is 324 g/mol. The number of nitrogens with zero attached hydrogens (tertiary/aromatic N) is 1. The van der Waals surface area contributed by atoms with Crippen LogP contribution in [0.1, 0.15) is 0 Å². The molecule has 6 heteroatoms. The monoisotopic (exact) mass is 323 g/mol. The van der Waals surface area contributed by atoms with E-state index in [1.165, 1.54) is 11.3 Å². The number of benzene rings is 2. The van der Waals surface area contributed by atoms with Crippen molar-refractivity contribution in [3.8, 4) is 21.4 Å². The van der Waals surface area contributed by atoms with Crippen molar-refractivity contribution in [2.24, 2.45) is 7.05 Å². The Hall–Kier alpha value is -1.82. The van der Waals surface area contributed by atoms with Crippen LogP contribution >= 0.6 is 22.9 Å². The number of fused-ring (bicyclic) bond motifs is 1. The number of aryl methyl sites for hydroxylation is 1. The van der Waals surface area contributed by atoms with Gasteiger partial charge < -0.3 is 15.3 Å². The van der Waals surface area contributed by atoms with Gasteiger partial charge >= 0.3 is 0 Å². The van der Waals surface area contributed by atoms with E-state index in [2.05, 4.69) is 0 Å². The molecule has 0 fully saturated rings. The minimum atomic E-state index is 0. The van der Waals surface area contributed by atoms with Crippen molar-refractivity contribution >= 4 is 33.7 Å². The van der Waals surface area contributed by atoms with Gasteiger partial charge in [0.2, 0.25) is 11.3 Å². The minimum absolute atomic E-state index is 0. The standard InChI is InChI=1S/C15H12ClNO2S.H2O/c1-17-8-13(18)20-15(17)11-7-12(16)14(19-2)10-6-4-3-5-9(10)11;/h3-8H,1-2H3;1H2. The van der Waals surface area contributed by atoms with E-state index in [9.17, 15) is 5.11 Å². The quantitative estimate of drug-likeness (QED) is 0.733. The van der Waals surface area contributed by atoms with E-state index in [-0.39, 0.29) is 10.5 Å². The maximum atomic E-state index is 9.68. The number of ether oxygens (including phenoxy) is 1. The molecule has 1 heterocycles. The van der Waals surface area contributed by atoms with Crippen molar-refractivity contribution in [2.75, 3.05) is 7.11 Å². The molecule has 0 aliphatic heterocycles. The van der Waals surface area contributed by atoms with Crippen LogP contribution in [-0.4, -0.2) is 17.7 Å². The van der Waals surface area contributed by atoms with Crippen LogP contribution in [0.15, 0.2) is 36.5 Å². The summed E-state index contributed by atoms with van der Waals surface area (Å²) >= 11 is 7.65. The molecule has 0 unspecified atom stereocenters. The van der Waals surface area contributed by atoms with E-state index < -0.39 is 0 Å². The van der Waals surface area contributed by atoms with Gasteiger partial charge in [-0.25, -0.2) is 0 Å². The summed E-state index contributed by atoms with van der Waals surface area (Å²) in [6.07, 6.45) is 1.69. The molecule has 0 atom stereocenters. The fourth-order valence-corrected chi connectivity index (χ4v) is 3.54. The highest BCUT2D eigenvalue weighted by Gasteiger charge is 2.21. The first-order chi connectivity index (χ1) is 9.61. The van der Waals surface area contributed by atoms with Gasteiger partial charge in [0.1, 0.15) is 12.8 Å². The van der Waals surface area contributed by atoms with Gasteiger partial charge in [-0.05, 0) is 17.4 Å². The third kappa shape index (κ3) is 2.55. The Bertz CT molecular complexity index is 801. The van der Waals surface area contributed by atoms with Crippen LogP contribution in [0.3, 0.4) is 0 Å². The lowest BCUT2D eigenvalue weighted by Crippen LogP contribution is -2.26. The first kappa shape index (κ1) is 15.6. The van der Waals surface area contributed by atoms with Crippen LogP contribution in [-0.2, 0) is 7.05 Å². The van der Waals surface area contributed by atoms with Crippen molar-refractivity contribution in [3.05, 3.63) is 41.6 Å². The normalized spacial score (nSPS) is 10.4. The molecule has 2 aromatic carbocycles. The molecule has 2 N–H and O–H groups in total. The highest BCUT2D eigenvalue weighted by Crippen LogP contribution is 2.41. The van der Waals surface area contributed by atoms with Crippen molar-refractivity contribution in [1.29, 1.82) is 0 Å². The maximum Gasteiger partial charge on any atom is 0.272 e. The number of halogens is 1. The first-order valence-corrected chi connectivity index (χ1v) is 7.25. The number of aromatic nitrogens is 1. The molecule has 3 aromatic rings. The van der Waals surface area contributed by atoms with Crippen LogP contribution < -0.4 is 9.30 Å². The van der Waals surface area contributed by atoms with Crippen LogP contribution in [0.2, 0.25) is 5.02 Å². The molecule has 4 nitrogen and oxygen atoms in total. The Morgan fingerprint density at radius 1 is 1.24 bits per heavy atom. The van der Waals surface area contributed by atoms with E-state index in [4.69, 9.17) is 16.3 Å². The number of rotatable bonds is 2. The second kappa shape index (κ2) is 5.89. The summed E-state index contributed by atoms with van der Waals surface area (Å²) in [5.41, 5.74) is 0.985. The summed E-state index contributed by atoms with van der Waals surface area (Å²) in [5, 5.41) is 13.5. The second-order valence-corrected chi connectivity index (χ2v) is 5.89. The SMILES string of the molecule is COc1c(Cl)cc(-c2sc(O)c[n+]2C)c2ccccc12.[OH-]. The number of thiazole rings is 1. The van der Waals surface area contributed by atoms with Crippen LogP contribution in [0.4, 0.5) is 0 Å². The zero-order chi connectivity index (χ0) is 14.3. The molecule has 0 saturated carbocycles. The molecule has 0 spiro atoms. The smallest absolute Gasteiger partial charge is 0.272 e. The molecule has 1 aromatic heterocycles. The van der Waals surface area contributed by atoms with E-state index in [1.807, 2.05) is 41.9 Å². The molecule has 110 valence electrons.